The van der Waals surface area contributed by atoms with Crippen LogP contribution in [-0.4, -0.2) is 30.4 Å². The van der Waals surface area contributed by atoms with Gasteiger partial charge in [-0.15, -0.1) is 0 Å². The SMILES string of the molecule is CCOC(Cc1ccc(OCC=C(C)C#Cc2cc(I)cc(I)c2)c(I)c1)C(=O)O. The summed E-state index contributed by atoms with van der Waals surface area (Å²) in [6.45, 7) is 4.53. The van der Waals surface area contributed by atoms with Crippen LogP contribution in [0.15, 0.2) is 48.0 Å². The Labute approximate surface area is 218 Å². The number of ether oxygens (including phenoxy) is 2. The first kappa shape index (κ1) is 25.4. The lowest BCUT2D eigenvalue weighted by atomic mass is 10.1. The normalized spacial score (nSPS) is 12.1. The van der Waals surface area contributed by atoms with Gasteiger partial charge in [0, 0.05) is 25.7 Å². The summed E-state index contributed by atoms with van der Waals surface area (Å²) in [5.74, 6) is 6.15. The van der Waals surface area contributed by atoms with Gasteiger partial charge in [0.15, 0.2) is 6.10 Å². The Morgan fingerprint density at radius 1 is 1.17 bits per heavy atom. The van der Waals surface area contributed by atoms with E-state index in [2.05, 4.69) is 97.8 Å². The van der Waals surface area contributed by atoms with Crippen molar-refractivity contribution in [2.45, 2.75) is 26.4 Å². The second kappa shape index (κ2) is 12.9. The number of hydrogen-bond acceptors (Lipinski definition) is 3. The summed E-state index contributed by atoms with van der Waals surface area (Å²) < 4.78 is 14.4. The summed E-state index contributed by atoms with van der Waals surface area (Å²) in [5, 5.41) is 9.23. The minimum atomic E-state index is -0.950. The van der Waals surface area contributed by atoms with Crippen LogP contribution in [0.2, 0.25) is 0 Å². The zero-order chi connectivity index (χ0) is 22.1. The number of carboxylic acid groups (broad SMARTS) is 1. The van der Waals surface area contributed by atoms with Crippen LogP contribution < -0.4 is 4.74 Å². The van der Waals surface area contributed by atoms with E-state index in [0.717, 1.165) is 26.0 Å². The Balaban J connectivity index is 1.97. The Bertz CT molecular complexity index is 969. The second-order valence-corrected chi connectivity index (χ2v) is 10.0. The Morgan fingerprint density at radius 3 is 2.47 bits per heavy atom. The van der Waals surface area contributed by atoms with E-state index in [9.17, 15) is 9.90 Å². The first-order valence-corrected chi connectivity index (χ1v) is 12.4. The molecule has 0 aliphatic rings. The van der Waals surface area contributed by atoms with E-state index < -0.39 is 12.1 Å². The highest BCUT2D eigenvalue weighted by atomic mass is 127. The molecule has 7 heteroatoms. The molecule has 0 aliphatic heterocycles. The summed E-state index contributed by atoms with van der Waals surface area (Å²) >= 11 is 6.78. The van der Waals surface area contributed by atoms with Gasteiger partial charge in [0.1, 0.15) is 12.4 Å². The standard InChI is InChI=1S/C23H21I3O4/c1-3-29-22(23(27)28)13-17-6-7-21(20(26)12-17)30-9-8-15(2)4-5-16-10-18(24)14-19(25)11-16/h6-8,10-12,14,22H,3,9,13H2,1-2H3,(H,27,28). The van der Waals surface area contributed by atoms with Gasteiger partial charge in [-0.1, -0.05) is 17.9 Å². The molecule has 0 radical (unpaired) electrons. The highest BCUT2D eigenvalue weighted by molar-refractivity contribution is 14.1. The molecule has 0 amide bonds. The molecular formula is C23H21I3O4. The smallest absolute Gasteiger partial charge is 0.333 e. The monoisotopic (exact) mass is 742 g/mol. The summed E-state index contributed by atoms with van der Waals surface area (Å²) in [5.41, 5.74) is 2.84. The zero-order valence-electron chi connectivity index (χ0n) is 16.5. The van der Waals surface area contributed by atoms with E-state index in [4.69, 9.17) is 9.47 Å². The zero-order valence-corrected chi connectivity index (χ0v) is 23.0. The molecule has 0 aliphatic carbocycles. The molecule has 158 valence electrons. The lowest BCUT2D eigenvalue weighted by molar-refractivity contribution is -0.149. The topological polar surface area (TPSA) is 55.8 Å². The first-order valence-electron chi connectivity index (χ1n) is 9.19. The number of rotatable bonds is 8. The van der Waals surface area contributed by atoms with Crippen molar-refractivity contribution in [2.24, 2.45) is 0 Å². The highest BCUT2D eigenvalue weighted by Crippen LogP contribution is 2.23. The van der Waals surface area contributed by atoms with E-state index in [1.807, 2.05) is 31.2 Å². The first-order chi connectivity index (χ1) is 14.3. The maximum absolute atomic E-state index is 11.3. The van der Waals surface area contributed by atoms with Gasteiger partial charge in [0.05, 0.1) is 3.57 Å². The third kappa shape index (κ3) is 8.72. The van der Waals surface area contributed by atoms with Gasteiger partial charge in [-0.25, -0.2) is 4.79 Å². The molecule has 1 N–H and O–H groups in total. The van der Waals surface area contributed by atoms with Crippen LogP contribution in [0.1, 0.15) is 25.0 Å². The van der Waals surface area contributed by atoms with E-state index in [1.54, 1.807) is 6.92 Å². The Kier molecular flexibility index (Phi) is 10.9. The van der Waals surface area contributed by atoms with Gasteiger partial charge in [-0.3, -0.25) is 0 Å². The molecule has 0 spiro atoms. The minimum absolute atomic E-state index is 0.325. The highest BCUT2D eigenvalue weighted by Gasteiger charge is 2.18. The lowest BCUT2D eigenvalue weighted by Gasteiger charge is -2.13. The summed E-state index contributed by atoms with van der Waals surface area (Å²) in [7, 11) is 0. The third-order valence-corrected chi connectivity index (χ3v) is 6.04. The van der Waals surface area contributed by atoms with E-state index in [0.29, 0.717) is 19.6 Å². The lowest BCUT2D eigenvalue weighted by Crippen LogP contribution is -2.26. The summed E-state index contributed by atoms with van der Waals surface area (Å²) in [4.78, 5) is 11.3. The fraction of sp³-hybridized carbons (Fsp3) is 0.261. The molecule has 30 heavy (non-hydrogen) atoms. The van der Waals surface area contributed by atoms with Crippen LogP contribution in [0, 0.1) is 22.6 Å². The number of aliphatic carboxylic acids is 1. The molecule has 1 atom stereocenters. The fourth-order valence-electron chi connectivity index (χ4n) is 2.53. The molecule has 0 fully saturated rings. The van der Waals surface area contributed by atoms with Gasteiger partial charge in [-0.05, 0) is 129 Å². The molecule has 0 heterocycles. The largest absolute Gasteiger partial charge is 0.488 e. The van der Waals surface area contributed by atoms with E-state index in [-0.39, 0.29) is 0 Å². The second-order valence-electron chi connectivity index (χ2n) is 6.36. The molecule has 1 unspecified atom stereocenters. The minimum Gasteiger partial charge on any atom is -0.488 e. The average molecular weight is 742 g/mol. The Morgan fingerprint density at radius 2 is 1.87 bits per heavy atom. The van der Waals surface area contributed by atoms with Gasteiger partial charge < -0.3 is 14.6 Å². The molecule has 0 bridgehead atoms. The fourth-order valence-corrected chi connectivity index (χ4v) is 5.20. The van der Waals surface area contributed by atoms with Crippen molar-refractivity contribution < 1.29 is 19.4 Å². The van der Waals surface area contributed by atoms with Gasteiger partial charge in [0.2, 0.25) is 0 Å². The van der Waals surface area contributed by atoms with Gasteiger partial charge in [0.25, 0.3) is 0 Å². The molecule has 4 nitrogen and oxygen atoms in total. The van der Waals surface area contributed by atoms with Crippen molar-refractivity contribution in [1.82, 2.24) is 0 Å². The maximum Gasteiger partial charge on any atom is 0.333 e. The Hall–Kier alpha value is -0.840. The van der Waals surface area contributed by atoms with Crippen LogP contribution in [0.3, 0.4) is 0 Å². The van der Waals surface area contributed by atoms with Crippen LogP contribution in [-0.2, 0) is 16.0 Å². The van der Waals surface area contributed by atoms with Crippen LogP contribution >= 0.6 is 67.8 Å². The van der Waals surface area contributed by atoms with Gasteiger partial charge >= 0.3 is 5.97 Å². The summed E-state index contributed by atoms with van der Waals surface area (Å²) in [6, 6.07) is 11.9. The van der Waals surface area contributed by atoms with Crippen LogP contribution in [0.4, 0.5) is 0 Å². The summed E-state index contributed by atoms with van der Waals surface area (Å²) in [6.07, 6.45) is 1.44. The number of hydrogen-bond donors (Lipinski definition) is 1. The van der Waals surface area contributed by atoms with Crippen LogP contribution in [0.25, 0.3) is 0 Å². The maximum atomic E-state index is 11.3. The average Bonchev–Trinajstić information content (AvgIpc) is 2.67. The van der Waals surface area contributed by atoms with Crippen molar-refractivity contribution in [1.29, 1.82) is 0 Å². The molecular weight excluding hydrogens is 721 g/mol. The molecule has 0 saturated heterocycles. The number of carboxylic acids is 1. The predicted molar refractivity (Wildman–Crippen MR) is 144 cm³/mol. The van der Waals surface area contributed by atoms with Crippen molar-refractivity contribution in [3.63, 3.8) is 0 Å². The van der Waals surface area contributed by atoms with Crippen LogP contribution in [0.5, 0.6) is 5.75 Å². The van der Waals surface area contributed by atoms with Crippen molar-refractivity contribution >= 4 is 73.7 Å². The van der Waals surface area contributed by atoms with Crippen molar-refractivity contribution in [2.75, 3.05) is 13.2 Å². The van der Waals surface area contributed by atoms with E-state index >= 15 is 0 Å². The number of halogens is 3. The third-order valence-electron chi connectivity index (χ3n) is 3.96. The molecule has 2 aromatic rings. The van der Waals surface area contributed by atoms with Crippen molar-refractivity contribution in [3.05, 3.63) is 69.9 Å². The number of carbonyl (C=O) groups is 1. The molecule has 2 rings (SSSR count). The molecule has 2 aromatic carbocycles. The quantitative estimate of drug-likeness (QED) is 0.270. The van der Waals surface area contributed by atoms with Gasteiger partial charge in [-0.2, -0.15) is 0 Å². The van der Waals surface area contributed by atoms with Crippen molar-refractivity contribution in [3.8, 4) is 17.6 Å². The van der Waals surface area contributed by atoms with E-state index in [1.165, 1.54) is 7.14 Å². The molecule has 0 aromatic heterocycles. The number of allylic oxidation sites excluding steroid dienone is 1. The molecule has 0 saturated carbocycles. The number of benzene rings is 2. The predicted octanol–water partition coefficient (Wildman–Crippen LogP) is 5.91.